The van der Waals surface area contributed by atoms with Crippen LogP contribution in [0.2, 0.25) is 0 Å². The molecule has 3 rings (SSSR count). The molecule has 3 nitrogen and oxygen atoms in total. The number of aliphatic imine (C=N–C) groups is 1. The third kappa shape index (κ3) is 2.71. The topological polar surface area (TPSA) is 30.2 Å². The zero-order chi connectivity index (χ0) is 17.3. The minimum atomic E-state index is -2.70. The number of rotatable bonds is 4. The maximum atomic E-state index is 13.6. The summed E-state index contributed by atoms with van der Waals surface area (Å²) in [4.78, 5) is 7.67. The van der Waals surface area contributed by atoms with E-state index in [2.05, 4.69) is 16.7 Å². The lowest BCUT2D eigenvalue weighted by Gasteiger charge is -2.07. The molecule has 122 valence electrons. The standard InChI is InChI=1S/C18H14F3N3/c1-11(19)7-13(9-22-2)12-3-4-14-15-10-23-6-5-16(15)24(18(20)21)17(14)8-12/h3-10,18H,2H2,1H3/b11-7+,13-9+. The largest absolute Gasteiger partial charge is 0.319 e. The molecule has 0 saturated heterocycles. The molecule has 0 aliphatic rings. The van der Waals surface area contributed by atoms with Crippen molar-refractivity contribution in [2.45, 2.75) is 13.5 Å². The highest BCUT2D eigenvalue weighted by molar-refractivity contribution is 6.08. The van der Waals surface area contributed by atoms with Crippen LogP contribution in [0, 0.1) is 0 Å². The maximum Gasteiger partial charge on any atom is 0.319 e. The van der Waals surface area contributed by atoms with Crippen molar-refractivity contribution < 1.29 is 13.2 Å². The summed E-state index contributed by atoms with van der Waals surface area (Å²) >= 11 is 0. The molecular formula is C18H14F3N3. The van der Waals surface area contributed by atoms with E-state index in [0.717, 1.165) is 4.57 Å². The number of benzene rings is 1. The summed E-state index contributed by atoms with van der Waals surface area (Å²) in [5.41, 5.74) is 1.78. The van der Waals surface area contributed by atoms with E-state index < -0.39 is 12.4 Å². The van der Waals surface area contributed by atoms with Crippen LogP contribution in [-0.4, -0.2) is 16.3 Å². The van der Waals surface area contributed by atoms with E-state index in [4.69, 9.17) is 0 Å². The zero-order valence-electron chi connectivity index (χ0n) is 12.9. The summed E-state index contributed by atoms with van der Waals surface area (Å²) in [5, 5.41) is 1.30. The number of pyridine rings is 1. The fourth-order valence-electron chi connectivity index (χ4n) is 2.79. The van der Waals surface area contributed by atoms with Crippen LogP contribution in [-0.2, 0) is 0 Å². The lowest BCUT2D eigenvalue weighted by Crippen LogP contribution is -1.97. The summed E-state index contributed by atoms with van der Waals surface area (Å²) in [6.45, 7) is 1.96. The van der Waals surface area contributed by atoms with Crippen molar-refractivity contribution in [3.05, 3.63) is 60.3 Å². The van der Waals surface area contributed by atoms with E-state index in [9.17, 15) is 13.2 Å². The van der Waals surface area contributed by atoms with E-state index in [0.29, 0.717) is 32.9 Å². The van der Waals surface area contributed by atoms with Gasteiger partial charge in [0, 0.05) is 34.9 Å². The molecule has 0 atom stereocenters. The first-order valence-electron chi connectivity index (χ1n) is 7.19. The molecule has 0 radical (unpaired) electrons. The molecule has 2 aromatic heterocycles. The molecule has 2 heterocycles. The second kappa shape index (κ2) is 6.31. The molecule has 0 N–H and O–H groups in total. The van der Waals surface area contributed by atoms with Crippen molar-refractivity contribution >= 4 is 34.1 Å². The minimum absolute atomic E-state index is 0.352. The number of hydrogen-bond donors (Lipinski definition) is 0. The first-order valence-corrected chi connectivity index (χ1v) is 7.19. The van der Waals surface area contributed by atoms with Crippen LogP contribution < -0.4 is 0 Å². The van der Waals surface area contributed by atoms with Crippen molar-refractivity contribution in [1.82, 2.24) is 9.55 Å². The number of halogens is 3. The van der Waals surface area contributed by atoms with Crippen molar-refractivity contribution in [2.24, 2.45) is 4.99 Å². The number of hydrogen-bond acceptors (Lipinski definition) is 2. The van der Waals surface area contributed by atoms with Gasteiger partial charge < -0.3 is 0 Å². The second-order valence-electron chi connectivity index (χ2n) is 5.27. The van der Waals surface area contributed by atoms with Gasteiger partial charge >= 0.3 is 6.55 Å². The van der Waals surface area contributed by atoms with Crippen molar-refractivity contribution in [3.63, 3.8) is 0 Å². The Kier molecular flexibility index (Phi) is 4.20. The van der Waals surface area contributed by atoms with Crippen molar-refractivity contribution in [1.29, 1.82) is 0 Å². The highest BCUT2D eigenvalue weighted by Gasteiger charge is 2.17. The number of alkyl halides is 2. The van der Waals surface area contributed by atoms with E-state index in [1.165, 1.54) is 25.4 Å². The van der Waals surface area contributed by atoms with Crippen LogP contribution in [0.25, 0.3) is 27.4 Å². The van der Waals surface area contributed by atoms with Gasteiger partial charge in [-0.2, -0.15) is 8.78 Å². The Hall–Kier alpha value is -2.89. The molecule has 0 spiro atoms. The first kappa shape index (κ1) is 16.0. The molecule has 0 aliphatic carbocycles. The average Bonchev–Trinajstić information content (AvgIpc) is 2.87. The SMILES string of the molecule is C=N/C=C(\C=C(/C)F)c1ccc2c3cnccc3n(C(F)F)c2c1. The Morgan fingerprint density at radius 3 is 2.71 bits per heavy atom. The molecule has 0 saturated carbocycles. The van der Waals surface area contributed by atoms with Gasteiger partial charge in [0.15, 0.2) is 0 Å². The predicted molar refractivity (Wildman–Crippen MR) is 90.9 cm³/mol. The van der Waals surface area contributed by atoms with E-state index >= 15 is 0 Å². The van der Waals surface area contributed by atoms with Crippen molar-refractivity contribution in [2.75, 3.05) is 0 Å². The highest BCUT2D eigenvalue weighted by Crippen LogP contribution is 2.34. The Morgan fingerprint density at radius 2 is 2.04 bits per heavy atom. The van der Waals surface area contributed by atoms with Gasteiger partial charge in [-0.15, -0.1) is 0 Å². The quantitative estimate of drug-likeness (QED) is 0.459. The summed E-state index contributed by atoms with van der Waals surface area (Å²) in [6, 6.07) is 6.61. The molecule has 0 amide bonds. The molecule has 0 fully saturated rings. The van der Waals surface area contributed by atoms with Crippen LogP contribution in [0.5, 0.6) is 0 Å². The fraction of sp³-hybridized carbons (Fsp3) is 0.111. The van der Waals surface area contributed by atoms with Gasteiger partial charge in [0.25, 0.3) is 0 Å². The van der Waals surface area contributed by atoms with Gasteiger partial charge in [-0.25, -0.2) is 4.39 Å². The minimum Gasteiger partial charge on any atom is -0.284 e. The molecule has 0 aliphatic heterocycles. The van der Waals surface area contributed by atoms with Gasteiger partial charge in [-0.05, 0) is 37.4 Å². The Bertz CT molecular complexity index is 980. The molecule has 1 aromatic carbocycles. The second-order valence-corrected chi connectivity index (χ2v) is 5.27. The summed E-state index contributed by atoms with van der Waals surface area (Å²) in [5.74, 6) is -0.413. The van der Waals surface area contributed by atoms with E-state index in [1.54, 1.807) is 30.5 Å². The third-order valence-corrected chi connectivity index (χ3v) is 3.72. The predicted octanol–water partition coefficient (Wildman–Crippen LogP) is 5.50. The molecule has 0 unspecified atom stereocenters. The zero-order valence-corrected chi connectivity index (χ0v) is 12.9. The summed E-state index contributed by atoms with van der Waals surface area (Å²) in [7, 11) is 0. The van der Waals surface area contributed by atoms with Gasteiger partial charge in [0.1, 0.15) is 0 Å². The van der Waals surface area contributed by atoms with Crippen LogP contribution in [0.15, 0.2) is 59.8 Å². The Morgan fingerprint density at radius 1 is 1.25 bits per heavy atom. The van der Waals surface area contributed by atoms with E-state index in [-0.39, 0.29) is 0 Å². The number of fused-ring (bicyclic) bond motifs is 3. The van der Waals surface area contributed by atoms with Crippen LogP contribution >= 0.6 is 0 Å². The number of aromatic nitrogens is 2. The highest BCUT2D eigenvalue weighted by atomic mass is 19.3. The molecule has 3 aromatic rings. The fourth-order valence-corrected chi connectivity index (χ4v) is 2.79. The lowest BCUT2D eigenvalue weighted by atomic mass is 10.0. The van der Waals surface area contributed by atoms with Gasteiger partial charge in [0.2, 0.25) is 0 Å². The lowest BCUT2D eigenvalue weighted by molar-refractivity contribution is 0.0796. The first-order chi connectivity index (χ1) is 11.5. The van der Waals surface area contributed by atoms with Gasteiger partial charge in [0.05, 0.1) is 16.9 Å². The summed E-state index contributed by atoms with van der Waals surface area (Å²) < 4.78 is 41.4. The Balaban J connectivity index is 2.33. The van der Waals surface area contributed by atoms with Crippen LogP contribution in [0.3, 0.4) is 0 Å². The van der Waals surface area contributed by atoms with Gasteiger partial charge in [-0.1, -0.05) is 12.1 Å². The third-order valence-electron chi connectivity index (χ3n) is 3.72. The average molecular weight is 329 g/mol. The summed E-state index contributed by atoms with van der Waals surface area (Å²) in [6.07, 6.45) is 5.71. The normalized spacial score (nSPS) is 13.2. The molecule has 0 bridgehead atoms. The van der Waals surface area contributed by atoms with Gasteiger partial charge in [-0.3, -0.25) is 14.5 Å². The molecule has 6 heteroatoms. The molecular weight excluding hydrogens is 315 g/mol. The number of allylic oxidation sites excluding steroid dienone is 3. The molecule has 24 heavy (non-hydrogen) atoms. The maximum absolute atomic E-state index is 13.6. The number of nitrogens with zero attached hydrogens (tertiary/aromatic N) is 3. The van der Waals surface area contributed by atoms with Crippen LogP contribution in [0.4, 0.5) is 13.2 Å². The van der Waals surface area contributed by atoms with Crippen LogP contribution in [0.1, 0.15) is 19.0 Å². The Labute approximate surface area is 136 Å². The van der Waals surface area contributed by atoms with E-state index in [1.807, 2.05) is 0 Å². The smallest absolute Gasteiger partial charge is 0.284 e. The van der Waals surface area contributed by atoms with Crippen molar-refractivity contribution in [3.8, 4) is 0 Å². The monoisotopic (exact) mass is 329 g/mol.